The van der Waals surface area contributed by atoms with Gasteiger partial charge in [-0.3, -0.25) is 14.4 Å². The van der Waals surface area contributed by atoms with Crippen LogP contribution < -0.4 is 20.3 Å². The minimum atomic E-state index is -0.496. The van der Waals surface area contributed by atoms with Crippen LogP contribution in [0.3, 0.4) is 0 Å². The molecule has 4 aromatic carbocycles. The number of amides is 2. The molecule has 0 spiro atoms. The zero-order valence-corrected chi connectivity index (χ0v) is 23.1. The topological polar surface area (TPSA) is 87.7 Å². The van der Waals surface area contributed by atoms with Crippen molar-refractivity contribution in [1.82, 2.24) is 5.32 Å². The average molecular weight is 546 g/mol. The van der Waals surface area contributed by atoms with Crippen LogP contribution in [0.2, 0.25) is 0 Å². The lowest BCUT2D eigenvalue weighted by Gasteiger charge is -2.13. The number of allylic oxidation sites excluding steroid dienone is 1. The summed E-state index contributed by atoms with van der Waals surface area (Å²) in [5, 5.41) is 5.55. The normalized spacial score (nSPS) is 11.1. The number of ether oxygens (including phenoxy) is 1. The molecule has 41 heavy (non-hydrogen) atoms. The lowest BCUT2D eigenvalue weighted by Crippen LogP contribution is -2.30. The van der Waals surface area contributed by atoms with Crippen molar-refractivity contribution < 1.29 is 19.1 Å². The fourth-order valence-electron chi connectivity index (χ4n) is 3.88. The number of hydrogen-bond donors (Lipinski definition) is 2. The summed E-state index contributed by atoms with van der Waals surface area (Å²) < 4.78 is 5.15. The fraction of sp³-hybridized carbons (Fsp3) is 0.0882. The highest BCUT2D eigenvalue weighted by atomic mass is 16.5. The maximum Gasteiger partial charge on any atom is 0.272 e. The molecular formula is C34H31N3O4. The first kappa shape index (κ1) is 28.6. The summed E-state index contributed by atoms with van der Waals surface area (Å²) >= 11 is 0. The molecule has 2 amide bonds. The van der Waals surface area contributed by atoms with Gasteiger partial charge in [0.25, 0.3) is 11.8 Å². The SMILES string of the molecule is COc1ccc(/C=C/C(=O)c2ccc(NC(=O)/C(=C/c3ccc(N(C)C)cc3)NC(=O)c3ccccc3)cc2)cc1. The highest BCUT2D eigenvalue weighted by Crippen LogP contribution is 2.17. The number of rotatable bonds is 10. The summed E-state index contributed by atoms with van der Waals surface area (Å²) in [7, 11) is 5.49. The quantitative estimate of drug-likeness (QED) is 0.187. The molecule has 0 aliphatic carbocycles. The summed E-state index contributed by atoms with van der Waals surface area (Å²) in [6.07, 6.45) is 4.85. The Morgan fingerprint density at radius 1 is 0.732 bits per heavy atom. The Morgan fingerprint density at radius 3 is 1.98 bits per heavy atom. The van der Waals surface area contributed by atoms with Gasteiger partial charge in [0.15, 0.2) is 5.78 Å². The molecule has 0 aromatic heterocycles. The van der Waals surface area contributed by atoms with E-state index in [1.54, 1.807) is 67.8 Å². The summed E-state index contributed by atoms with van der Waals surface area (Å²) in [6, 6.07) is 30.2. The van der Waals surface area contributed by atoms with Crippen molar-refractivity contribution in [2.24, 2.45) is 0 Å². The number of nitrogens with one attached hydrogen (secondary N) is 2. The van der Waals surface area contributed by atoms with Gasteiger partial charge in [-0.2, -0.15) is 0 Å². The van der Waals surface area contributed by atoms with Crippen LogP contribution in [-0.2, 0) is 4.79 Å². The van der Waals surface area contributed by atoms with Crippen LogP contribution in [-0.4, -0.2) is 38.8 Å². The second-order valence-corrected chi connectivity index (χ2v) is 9.37. The van der Waals surface area contributed by atoms with Crippen molar-refractivity contribution in [1.29, 1.82) is 0 Å². The molecule has 7 nitrogen and oxygen atoms in total. The van der Waals surface area contributed by atoms with E-state index in [1.165, 1.54) is 6.08 Å². The number of methoxy groups -OCH3 is 1. The van der Waals surface area contributed by atoms with Crippen molar-refractivity contribution in [3.8, 4) is 5.75 Å². The third kappa shape index (κ3) is 8.03. The number of hydrogen-bond acceptors (Lipinski definition) is 5. The Balaban J connectivity index is 1.48. The van der Waals surface area contributed by atoms with Gasteiger partial charge in [0.1, 0.15) is 11.4 Å². The van der Waals surface area contributed by atoms with Crippen molar-refractivity contribution >= 4 is 41.1 Å². The largest absolute Gasteiger partial charge is 0.497 e. The Kier molecular flexibility index (Phi) is 9.46. The minimum absolute atomic E-state index is 0.0824. The smallest absolute Gasteiger partial charge is 0.272 e. The standard InChI is InChI=1S/C34H31N3O4/c1-37(2)29-18-9-25(10-19-29)23-31(36-33(39)27-7-5-4-6-8-27)34(40)35-28-16-14-26(15-17-28)32(38)22-13-24-11-20-30(41-3)21-12-24/h4-23H,1-3H3,(H,35,40)(H,36,39)/b22-13+,31-23-. The molecule has 0 aliphatic rings. The van der Waals surface area contributed by atoms with Crippen LogP contribution in [0.5, 0.6) is 5.75 Å². The zero-order valence-electron chi connectivity index (χ0n) is 23.1. The van der Waals surface area contributed by atoms with Gasteiger partial charge in [-0.05, 0) is 83.9 Å². The highest BCUT2D eigenvalue weighted by Gasteiger charge is 2.15. The predicted octanol–water partition coefficient (Wildman–Crippen LogP) is 6.07. The van der Waals surface area contributed by atoms with Gasteiger partial charge in [-0.15, -0.1) is 0 Å². The minimum Gasteiger partial charge on any atom is -0.497 e. The number of benzene rings is 4. The molecule has 0 unspecified atom stereocenters. The maximum atomic E-state index is 13.3. The molecule has 206 valence electrons. The van der Waals surface area contributed by atoms with E-state index in [9.17, 15) is 14.4 Å². The van der Waals surface area contributed by atoms with E-state index < -0.39 is 11.8 Å². The van der Waals surface area contributed by atoms with Gasteiger partial charge in [0.2, 0.25) is 0 Å². The first-order valence-corrected chi connectivity index (χ1v) is 13.0. The molecule has 4 aromatic rings. The number of ketones is 1. The number of carbonyl (C=O) groups is 3. The lowest BCUT2D eigenvalue weighted by atomic mass is 10.1. The Bertz CT molecular complexity index is 1560. The van der Waals surface area contributed by atoms with E-state index >= 15 is 0 Å². The van der Waals surface area contributed by atoms with E-state index in [1.807, 2.05) is 73.6 Å². The molecular weight excluding hydrogens is 514 g/mol. The van der Waals surface area contributed by atoms with Crippen molar-refractivity contribution in [2.75, 3.05) is 31.4 Å². The van der Waals surface area contributed by atoms with Crippen LogP contribution in [0.1, 0.15) is 31.8 Å². The van der Waals surface area contributed by atoms with Crippen molar-refractivity contribution in [3.05, 3.63) is 137 Å². The summed E-state index contributed by atoms with van der Waals surface area (Å²) in [6.45, 7) is 0. The van der Waals surface area contributed by atoms with Gasteiger partial charge in [0.05, 0.1) is 7.11 Å². The number of nitrogens with zero attached hydrogens (tertiary/aromatic N) is 1. The molecule has 0 heterocycles. The Labute approximate surface area is 239 Å². The highest BCUT2D eigenvalue weighted by molar-refractivity contribution is 6.11. The molecule has 0 atom stereocenters. The van der Waals surface area contributed by atoms with E-state index in [-0.39, 0.29) is 11.5 Å². The molecule has 0 radical (unpaired) electrons. The molecule has 0 bridgehead atoms. The van der Waals surface area contributed by atoms with Crippen LogP contribution in [0.15, 0.2) is 115 Å². The predicted molar refractivity (Wildman–Crippen MR) is 164 cm³/mol. The van der Waals surface area contributed by atoms with E-state index in [4.69, 9.17) is 4.74 Å². The zero-order chi connectivity index (χ0) is 29.2. The third-order valence-corrected chi connectivity index (χ3v) is 6.22. The van der Waals surface area contributed by atoms with Crippen LogP contribution in [0, 0.1) is 0 Å². The van der Waals surface area contributed by atoms with Crippen LogP contribution in [0.4, 0.5) is 11.4 Å². The van der Waals surface area contributed by atoms with Crippen LogP contribution >= 0.6 is 0 Å². The van der Waals surface area contributed by atoms with E-state index in [2.05, 4.69) is 10.6 Å². The third-order valence-electron chi connectivity index (χ3n) is 6.22. The second-order valence-electron chi connectivity index (χ2n) is 9.37. The van der Waals surface area contributed by atoms with E-state index in [0.717, 1.165) is 22.6 Å². The van der Waals surface area contributed by atoms with E-state index in [0.29, 0.717) is 16.8 Å². The molecule has 0 saturated carbocycles. The molecule has 7 heteroatoms. The Morgan fingerprint density at radius 2 is 1.37 bits per heavy atom. The molecule has 2 N–H and O–H groups in total. The lowest BCUT2D eigenvalue weighted by molar-refractivity contribution is -0.113. The van der Waals surface area contributed by atoms with Gasteiger partial charge in [0, 0.05) is 36.6 Å². The number of anilines is 2. The second kappa shape index (κ2) is 13.6. The first-order valence-electron chi connectivity index (χ1n) is 13.0. The maximum absolute atomic E-state index is 13.3. The monoisotopic (exact) mass is 545 g/mol. The molecule has 0 saturated heterocycles. The number of carbonyl (C=O) groups excluding carboxylic acids is 3. The first-order chi connectivity index (χ1) is 19.8. The van der Waals surface area contributed by atoms with Gasteiger partial charge >= 0.3 is 0 Å². The molecule has 0 fully saturated rings. The summed E-state index contributed by atoms with van der Waals surface area (Å²) in [5.74, 6) is -0.326. The van der Waals surface area contributed by atoms with Gasteiger partial charge < -0.3 is 20.3 Å². The molecule has 4 rings (SSSR count). The fourth-order valence-corrected chi connectivity index (χ4v) is 3.88. The van der Waals surface area contributed by atoms with Gasteiger partial charge in [-0.1, -0.05) is 48.5 Å². The van der Waals surface area contributed by atoms with Crippen molar-refractivity contribution in [3.63, 3.8) is 0 Å². The van der Waals surface area contributed by atoms with Crippen LogP contribution in [0.25, 0.3) is 12.2 Å². The summed E-state index contributed by atoms with van der Waals surface area (Å²) in [4.78, 5) is 40.8. The molecule has 0 aliphatic heterocycles. The van der Waals surface area contributed by atoms with Gasteiger partial charge in [-0.25, -0.2) is 0 Å². The average Bonchev–Trinajstić information content (AvgIpc) is 3.00. The summed E-state index contributed by atoms with van der Waals surface area (Å²) in [5.41, 5.74) is 4.10. The Hall–Kier alpha value is -5.43. The van der Waals surface area contributed by atoms with Crippen molar-refractivity contribution in [2.45, 2.75) is 0 Å².